The number of carbonyl (C=O) groups excluding carboxylic acids is 3. The highest BCUT2D eigenvalue weighted by molar-refractivity contribution is 5.92. The predicted octanol–water partition coefficient (Wildman–Crippen LogP) is 1.88. The standard InChI is InChI=1S/C19H25N3O5/c1-19(2,3)27-18(25)21-14(12-13-8-6-5-7-9-13)16(23)22-15(10-11-20-22)17(24)26-4/h5-9,11,14-15H,10,12H2,1-4H3,(H,21,25)/t14-,15-/m0/s1. The van der Waals surface area contributed by atoms with Crippen LogP contribution in [0.4, 0.5) is 4.79 Å². The van der Waals surface area contributed by atoms with Crippen molar-refractivity contribution in [2.24, 2.45) is 5.10 Å². The fourth-order valence-electron chi connectivity index (χ4n) is 2.62. The first-order valence-corrected chi connectivity index (χ1v) is 8.68. The Morgan fingerprint density at radius 1 is 1.26 bits per heavy atom. The molecule has 1 aromatic carbocycles. The quantitative estimate of drug-likeness (QED) is 0.793. The van der Waals surface area contributed by atoms with Gasteiger partial charge in [0.15, 0.2) is 6.04 Å². The SMILES string of the molecule is COC(=O)[C@@H]1CC=NN1C(=O)[C@H](Cc1ccccc1)NC(=O)OC(C)(C)C. The molecule has 0 radical (unpaired) electrons. The Balaban J connectivity index is 2.20. The summed E-state index contributed by atoms with van der Waals surface area (Å²) in [5.41, 5.74) is 0.148. The maximum absolute atomic E-state index is 13.0. The van der Waals surface area contributed by atoms with Gasteiger partial charge >= 0.3 is 12.1 Å². The van der Waals surface area contributed by atoms with Gasteiger partial charge in [0.1, 0.15) is 11.6 Å². The van der Waals surface area contributed by atoms with Gasteiger partial charge in [-0.25, -0.2) is 14.6 Å². The zero-order valence-corrected chi connectivity index (χ0v) is 16.0. The van der Waals surface area contributed by atoms with Crippen molar-refractivity contribution >= 4 is 24.2 Å². The highest BCUT2D eigenvalue weighted by Crippen LogP contribution is 2.17. The van der Waals surface area contributed by atoms with Crippen LogP contribution in [0, 0.1) is 0 Å². The summed E-state index contributed by atoms with van der Waals surface area (Å²) >= 11 is 0. The average Bonchev–Trinajstić information content (AvgIpc) is 3.08. The first-order valence-electron chi connectivity index (χ1n) is 8.68. The molecule has 1 aliphatic rings. The molecule has 2 amide bonds. The fraction of sp³-hybridized carbons (Fsp3) is 0.474. The fourth-order valence-corrected chi connectivity index (χ4v) is 2.62. The molecule has 0 aromatic heterocycles. The normalized spacial score (nSPS) is 17.3. The minimum absolute atomic E-state index is 0.235. The molecule has 0 fully saturated rings. The molecular formula is C19H25N3O5. The second kappa shape index (κ2) is 8.66. The zero-order valence-electron chi connectivity index (χ0n) is 16.0. The lowest BCUT2D eigenvalue weighted by Gasteiger charge is -2.27. The summed E-state index contributed by atoms with van der Waals surface area (Å²) in [5.74, 6) is -1.06. The predicted molar refractivity (Wildman–Crippen MR) is 99.1 cm³/mol. The van der Waals surface area contributed by atoms with Crippen LogP contribution in [-0.2, 0) is 25.5 Å². The Morgan fingerprint density at radius 2 is 1.93 bits per heavy atom. The minimum Gasteiger partial charge on any atom is -0.467 e. The van der Waals surface area contributed by atoms with Crippen LogP contribution in [0.2, 0.25) is 0 Å². The maximum atomic E-state index is 13.0. The lowest BCUT2D eigenvalue weighted by Crippen LogP contribution is -2.52. The van der Waals surface area contributed by atoms with E-state index in [-0.39, 0.29) is 12.8 Å². The van der Waals surface area contributed by atoms with E-state index in [1.165, 1.54) is 13.3 Å². The molecule has 0 bridgehead atoms. The number of benzene rings is 1. The molecule has 0 saturated heterocycles. The first-order chi connectivity index (χ1) is 12.7. The summed E-state index contributed by atoms with van der Waals surface area (Å²) in [4.78, 5) is 37.1. The Kier molecular flexibility index (Phi) is 6.55. The largest absolute Gasteiger partial charge is 0.467 e. The van der Waals surface area contributed by atoms with Gasteiger partial charge in [-0.05, 0) is 26.3 Å². The molecule has 1 aromatic rings. The van der Waals surface area contributed by atoms with Crippen molar-refractivity contribution in [3.63, 3.8) is 0 Å². The number of carbonyl (C=O) groups is 3. The monoisotopic (exact) mass is 375 g/mol. The highest BCUT2D eigenvalue weighted by Gasteiger charge is 2.38. The molecule has 146 valence electrons. The Bertz CT molecular complexity index is 712. The van der Waals surface area contributed by atoms with Crippen molar-refractivity contribution in [2.75, 3.05) is 7.11 Å². The van der Waals surface area contributed by atoms with Gasteiger partial charge in [-0.3, -0.25) is 4.79 Å². The molecule has 0 spiro atoms. The lowest BCUT2D eigenvalue weighted by atomic mass is 10.0. The summed E-state index contributed by atoms with van der Waals surface area (Å²) in [5, 5.41) is 7.66. The molecule has 1 aliphatic heterocycles. The number of alkyl carbamates (subject to hydrolysis) is 1. The van der Waals surface area contributed by atoms with E-state index in [0.717, 1.165) is 10.6 Å². The van der Waals surface area contributed by atoms with Crippen LogP contribution in [-0.4, -0.2) is 54.0 Å². The molecule has 2 atom stereocenters. The second-order valence-corrected chi connectivity index (χ2v) is 7.14. The number of hydrazone groups is 1. The van der Waals surface area contributed by atoms with E-state index in [1.54, 1.807) is 20.8 Å². The van der Waals surface area contributed by atoms with Gasteiger partial charge in [0, 0.05) is 19.1 Å². The van der Waals surface area contributed by atoms with Gasteiger partial charge in [0.2, 0.25) is 0 Å². The van der Waals surface area contributed by atoms with E-state index >= 15 is 0 Å². The van der Waals surface area contributed by atoms with Crippen LogP contribution < -0.4 is 5.32 Å². The van der Waals surface area contributed by atoms with Crippen LogP contribution in [0.15, 0.2) is 35.4 Å². The minimum atomic E-state index is -0.940. The average molecular weight is 375 g/mol. The van der Waals surface area contributed by atoms with E-state index in [1.807, 2.05) is 30.3 Å². The smallest absolute Gasteiger partial charge is 0.408 e. The number of nitrogens with zero attached hydrogens (tertiary/aromatic N) is 2. The van der Waals surface area contributed by atoms with E-state index in [2.05, 4.69) is 10.4 Å². The molecule has 0 saturated carbocycles. The number of esters is 1. The molecular weight excluding hydrogens is 350 g/mol. The number of hydrogen-bond acceptors (Lipinski definition) is 6. The molecule has 1 N–H and O–H groups in total. The van der Waals surface area contributed by atoms with Crippen molar-refractivity contribution in [2.45, 2.75) is 51.3 Å². The molecule has 8 nitrogen and oxygen atoms in total. The Morgan fingerprint density at radius 3 is 2.52 bits per heavy atom. The molecule has 0 aliphatic carbocycles. The topological polar surface area (TPSA) is 97.3 Å². The molecule has 2 rings (SSSR count). The van der Waals surface area contributed by atoms with Gasteiger partial charge < -0.3 is 14.8 Å². The van der Waals surface area contributed by atoms with Gasteiger partial charge in [-0.1, -0.05) is 30.3 Å². The van der Waals surface area contributed by atoms with E-state index in [0.29, 0.717) is 0 Å². The molecule has 0 unspecified atom stereocenters. The molecule has 8 heteroatoms. The third-order valence-electron chi connectivity index (χ3n) is 3.80. The maximum Gasteiger partial charge on any atom is 0.408 e. The second-order valence-electron chi connectivity index (χ2n) is 7.14. The van der Waals surface area contributed by atoms with Gasteiger partial charge in [0.05, 0.1) is 7.11 Å². The van der Waals surface area contributed by atoms with Gasteiger partial charge in [-0.15, -0.1) is 0 Å². The van der Waals surface area contributed by atoms with Crippen molar-refractivity contribution in [1.82, 2.24) is 10.3 Å². The van der Waals surface area contributed by atoms with Crippen molar-refractivity contribution < 1.29 is 23.9 Å². The number of methoxy groups -OCH3 is 1. The third kappa shape index (κ3) is 5.80. The zero-order chi connectivity index (χ0) is 20.0. The number of rotatable bonds is 5. The van der Waals surface area contributed by atoms with E-state index in [4.69, 9.17) is 9.47 Å². The number of nitrogens with one attached hydrogen (secondary N) is 1. The van der Waals surface area contributed by atoms with E-state index in [9.17, 15) is 14.4 Å². The van der Waals surface area contributed by atoms with Crippen LogP contribution in [0.1, 0.15) is 32.8 Å². The summed E-state index contributed by atoms with van der Waals surface area (Å²) in [7, 11) is 1.25. The Labute approximate surface area is 158 Å². The summed E-state index contributed by atoms with van der Waals surface area (Å²) in [6.07, 6.45) is 1.27. The number of ether oxygens (including phenoxy) is 2. The highest BCUT2D eigenvalue weighted by atomic mass is 16.6. The van der Waals surface area contributed by atoms with Gasteiger partial charge in [0.25, 0.3) is 5.91 Å². The summed E-state index contributed by atoms with van der Waals surface area (Å²) < 4.78 is 10.00. The van der Waals surface area contributed by atoms with Crippen molar-refractivity contribution in [1.29, 1.82) is 0 Å². The number of amides is 2. The van der Waals surface area contributed by atoms with Gasteiger partial charge in [-0.2, -0.15) is 5.10 Å². The summed E-state index contributed by atoms with van der Waals surface area (Å²) in [6.45, 7) is 5.20. The molecule has 1 heterocycles. The van der Waals surface area contributed by atoms with Crippen LogP contribution in [0.25, 0.3) is 0 Å². The van der Waals surface area contributed by atoms with Crippen LogP contribution in [0.5, 0.6) is 0 Å². The third-order valence-corrected chi connectivity index (χ3v) is 3.80. The summed E-state index contributed by atoms with van der Waals surface area (Å²) in [6, 6.07) is 7.47. The van der Waals surface area contributed by atoms with Crippen LogP contribution >= 0.6 is 0 Å². The lowest BCUT2D eigenvalue weighted by molar-refractivity contribution is -0.152. The van der Waals surface area contributed by atoms with Crippen molar-refractivity contribution in [3.8, 4) is 0 Å². The number of hydrogen-bond donors (Lipinski definition) is 1. The van der Waals surface area contributed by atoms with E-state index < -0.39 is 35.7 Å². The van der Waals surface area contributed by atoms with Crippen molar-refractivity contribution in [3.05, 3.63) is 35.9 Å². The molecule has 27 heavy (non-hydrogen) atoms. The Hall–Kier alpha value is -2.90. The van der Waals surface area contributed by atoms with Crippen LogP contribution in [0.3, 0.4) is 0 Å². The first kappa shape index (κ1) is 20.4.